The van der Waals surface area contributed by atoms with Crippen molar-refractivity contribution in [3.8, 4) is 6.07 Å². The molecule has 0 spiro atoms. The summed E-state index contributed by atoms with van der Waals surface area (Å²) in [6.07, 6.45) is 0.402. The maximum absolute atomic E-state index is 14.8. The van der Waals surface area contributed by atoms with E-state index in [9.17, 15) is 37.6 Å². The fourth-order valence-corrected chi connectivity index (χ4v) is 6.91. The van der Waals surface area contributed by atoms with Gasteiger partial charge in [0.25, 0.3) is 0 Å². The van der Waals surface area contributed by atoms with Crippen LogP contribution < -0.4 is 16.0 Å². The number of carbonyl (C=O) groups is 4. The van der Waals surface area contributed by atoms with Gasteiger partial charge in [0.05, 0.1) is 6.07 Å². The highest BCUT2D eigenvalue weighted by atomic mass is 35.5. The number of amides is 4. The topological polar surface area (TPSA) is 131 Å². The molecule has 4 fully saturated rings. The molecule has 2 heterocycles. The van der Waals surface area contributed by atoms with E-state index in [1.54, 1.807) is 20.8 Å². The predicted molar refractivity (Wildman–Crippen MR) is 129 cm³/mol. The highest BCUT2D eigenvalue weighted by molar-refractivity contribution is 6.32. The van der Waals surface area contributed by atoms with Gasteiger partial charge in [-0.05, 0) is 66.4 Å². The van der Waals surface area contributed by atoms with Crippen LogP contribution in [-0.2, 0) is 19.2 Å². The number of carbonyl (C=O) groups excluding carboxylic acids is 4. The average Bonchev–Trinajstić information content (AvgIpc) is 3.56. The van der Waals surface area contributed by atoms with Gasteiger partial charge >= 0.3 is 11.3 Å². The maximum Gasteiger partial charge on any atom is 0.399 e. The number of nitrogens with one attached hydrogen (secondary N) is 3. The van der Waals surface area contributed by atoms with E-state index in [-0.39, 0.29) is 30.7 Å². The molecule has 2 aliphatic heterocycles. The molecule has 4 amide bonds. The Balaban J connectivity index is 1.60. The van der Waals surface area contributed by atoms with E-state index < -0.39 is 70.6 Å². The van der Waals surface area contributed by atoms with Crippen molar-refractivity contribution in [2.24, 2.45) is 35.0 Å². The lowest BCUT2D eigenvalue weighted by atomic mass is 9.77. The fraction of sp³-hybridized carbons (Fsp3) is 0.800. The third-order valence-corrected chi connectivity index (χ3v) is 8.79. The molecule has 0 aromatic carbocycles. The Labute approximate surface area is 224 Å². The number of hydrogen-bond acceptors (Lipinski definition) is 5. The lowest BCUT2D eigenvalue weighted by Gasteiger charge is -2.37. The minimum Gasteiger partial charge on any atom is -0.356 e. The first kappa shape index (κ1) is 28.5. The molecule has 3 N–H and O–H groups in total. The summed E-state index contributed by atoms with van der Waals surface area (Å²) in [5, 5.41) is 12.8. The van der Waals surface area contributed by atoms with E-state index in [2.05, 4.69) is 10.6 Å². The minimum atomic E-state index is -4.24. The second kappa shape index (κ2) is 10.2. The summed E-state index contributed by atoms with van der Waals surface area (Å²) in [5.41, 5.74) is -1.03. The first-order valence-electron chi connectivity index (χ1n) is 12.9. The van der Waals surface area contributed by atoms with Crippen molar-refractivity contribution in [1.82, 2.24) is 20.9 Å². The zero-order chi connectivity index (χ0) is 28.2. The standard InChI is InChI=1S/C25H33ClF3N5O4/c1-24(2,3)19(33-23(38)25(26,28)29)22(37)34-10-15-12-7-14(16(27)8-12)17(15)18(34)21(36)32-13(9-30)6-11-4-5-31-20(11)35/h11-19H,4-8,10H2,1-3H3,(H,31,35)(H,32,36)(H,33,38). The van der Waals surface area contributed by atoms with E-state index in [1.165, 1.54) is 4.90 Å². The Morgan fingerprint density at radius 1 is 1.21 bits per heavy atom. The maximum atomic E-state index is 14.8. The van der Waals surface area contributed by atoms with Crippen molar-refractivity contribution < 1.29 is 32.3 Å². The summed E-state index contributed by atoms with van der Waals surface area (Å²) in [5.74, 6) is -5.04. The van der Waals surface area contributed by atoms with Gasteiger partial charge in [-0.2, -0.15) is 14.0 Å². The molecular formula is C25H33ClF3N5O4. The van der Waals surface area contributed by atoms with Crippen molar-refractivity contribution in [3.63, 3.8) is 0 Å². The number of halogens is 4. The first-order valence-corrected chi connectivity index (χ1v) is 13.3. The Hall–Kier alpha value is -2.55. The van der Waals surface area contributed by atoms with Crippen LogP contribution in [0.1, 0.15) is 46.5 Å². The second-order valence-electron chi connectivity index (χ2n) is 12.1. The normalized spacial score (nSPS) is 33.8. The molecule has 38 heavy (non-hydrogen) atoms. The lowest BCUT2D eigenvalue weighted by molar-refractivity contribution is -0.148. The summed E-state index contributed by atoms with van der Waals surface area (Å²) in [4.78, 5) is 52.7. The highest BCUT2D eigenvalue weighted by Crippen LogP contribution is 2.58. The third-order valence-electron chi connectivity index (χ3n) is 8.62. The molecule has 2 saturated carbocycles. The van der Waals surface area contributed by atoms with Gasteiger partial charge in [0.1, 0.15) is 24.3 Å². The number of alkyl halides is 4. The summed E-state index contributed by atoms with van der Waals surface area (Å²) in [6.45, 7) is 5.32. The van der Waals surface area contributed by atoms with Crippen LogP contribution in [0.5, 0.6) is 0 Å². The van der Waals surface area contributed by atoms with Crippen molar-refractivity contribution in [3.05, 3.63) is 0 Å². The monoisotopic (exact) mass is 559 g/mol. The fourth-order valence-electron chi connectivity index (χ4n) is 6.85. The van der Waals surface area contributed by atoms with E-state index in [1.807, 2.05) is 11.4 Å². The molecule has 9 nitrogen and oxygen atoms in total. The number of nitrogens with zero attached hydrogens (tertiary/aromatic N) is 2. The first-order chi connectivity index (χ1) is 17.6. The largest absolute Gasteiger partial charge is 0.399 e. The molecule has 2 saturated heterocycles. The van der Waals surface area contributed by atoms with E-state index >= 15 is 0 Å². The molecule has 4 aliphatic rings. The van der Waals surface area contributed by atoms with E-state index in [0.29, 0.717) is 25.8 Å². The zero-order valence-electron chi connectivity index (χ0n) is 21.5. The van der Waals surface area contributed by atoms with E-state index in [0.717, 1.165) is 0 Å². The minimum absolute atomic E-state index is 0.0306. The molecule has 0 aromatic rings. The van der Waals surface area contributed by atoms with Crippen LogP contribution in [-0.4, -0.2) is 71.3 Å². The summed E-state index contributed by atoms with van der Waals surface area (Å²) >= 11 is 4.88. The van der Waals surface area contributed by atoms with Gasteiger partial charge in [-0.25, -0.2) is 4.39 Å². The number of fused-ring (bicyclic) bond motifs is 5. The number of hydrogen-bond donors (Lipinski definition) is 3. The molecule has 210 valence electrons. The van der Waals surface area contributed by atoms with Crippen LogP contribution in [0.15, 0.2) is 0 Å². The van der Waals surface area contributed by atoms with E-state index in [4.69, 9.17) is 11.6 Å². The molecule has 2 bridgehead atoms. The molecule has 4 rings (SSSR count). The zero-order valence-corrected chi connectivity index (χ0v) is 22.2. The van der Waals surface area contributed by atoms with Gasteiger partial charge in [-0.1, -0.05) is 20.8 Å². The summed E-state index contributed by atoms with van der Waals surface area (Å²) in [7, 11) is 0. The van der Waals surface area contributed by atoms with Gasteiger partial charge in [-0.3, -0.25) is 19.2 Å². The van der Waals surface area contributed by atoms with Crippen molar-refractivity contribution in [2.45, 2.75) is 76.1 Å². The van der Waals surface area contributed by atoms with Gasteiger partial charge in [0.2, 0.25) is 17.7 Å². The Morgan fingerprint density at radius 2 is 1.89 bits per heavy atom. The molecule has 0 aromatic heterocycles. The molecular weight excluding hydrogens is 527 g/mol. The second-order valence-corrected chi connectivity index (χ2v) is 12.5. The molecule has 9 unspecified atom stereocenters. The third kappa shape index (κ3) is 5.31. The van der Waals surface area contributed by atoms with Crippen LogP contribution in [0.3, 0.4) is 0 Å². The van der Waals surface area contributed by atoms with Crippen molar-refractivity contribution >= 4 is 35.2 Å². The van der Waals surface area contributed by atoms with Gasteiger partial charge < -0.3 is 20.9 Å². The highest BCUT2D eigenvalue weighted by Gasteiger charge is 2.63. The predicted octanol–water partition coefficient (Wildman–Crippen LogP) is 1.70. The summed E-state index contributed by atoms with van der Waals surface area (Å²) < 4.78 is 41.8. The van der Waals surface area contributed by atoms with Crippen LogP contribution in [0.25, 0.3) is 0 Å². The van der Waals surface area contributed by atoms with Gasteiger partial charge in [0, 0.05) is 19.0 Å². The van der Waals surface area contributed by atoms with Crippen LogP contribution in [0.4, 0.5) is 13.2 Å². The van der Waals surface area contributed by atoms with Crippen LogP contribution in [0.2, 0.25) is 0 Å². The number of likely N-dealkylation sites (tertiary alicyclic amines) is 1. The van der Waals surface area contributed by atoms with Crippen molar-refractivity contribution in [2.75, 3.05) is 13.1 Å². The van der Waals surface area contributed by atoms with Gasteiger partial charge in [0.15, 0.2) is 0 Å². The summed E-state index contributed by atoms with van der Waals surface area (Å²) in [6, 6.07) is -1.61. The molecule has 0 radical (unpaired) electrons. The Bertz CT molecular complexity index is 1040. The van der Waals surface area contributed by atoms with Crippen LogP contribution in [0, 0.1) is 46.3 Å². The number of rotatable bonds is 7. The SMILES string of the molecule is CC(C)(C)C(NC(=O)C(F)(F)Cl)C(=O)N1CC2C3CC(F)C(C3)C2C1C(=O)NC(C#N)CC1CCNC1=O. The molecule has 13 heteroatoms. The average molecular weight is 560 g/mol. The Kier molecular flexibility index (Phi) is 7.64. The lowest BCUT2D eigenvalue weighted by Crippen LogP contribution is -2.60. The van der Waals surface area contributed by atoms with Gasteiger partial charge in [-0.15, -0.1) is 0 Å². The van der Waals surface area contributed by atoms with Crippen LogP contribution >= 0.6 is 11.6 Å². The molecule has 2 aliphatic carbocycles. The molecule has 9 atom stereocenters. The number of nitriles is 1. The Morgan fingerprint density at radius 3 is 2.45 bits per heavy atom. The quantitative estimate of drug-likeness (QED) is 0.409. The van der Waals surface area contributed by atoms with Crippen molar-refractivity contribution in [1.29, 1.82) is 5.26 Å². The smallest absolute Gasteiger partial charge is 0.356 e.